The summed E-state index contributed by atoms with van der Waals surface area (Å²) in [5.41, 5.74) is 5.02. The maximum absolute atomic E-state index is 5.14. The Morgan fingerprint density at radius 2 is 2.39 bits per heavy atom. The number of anilines is 1. The third-order valence-corrected chi connectivity index (χ3v) is 3.53. The van der Waals surface area contributed by atoms with Gasteiger partial charge in [-0.05, 0) is 30.0 Å². The number of nitrogens with one attached hydrogen (secondary N) is 1. The van der Waals surface area contributed by atoms with Crippen LogP contribution < -0.4 is 5.43 Å². The van der Waals surface area contributed by atoms with Gasteiger partial charge in [0, 0.05) is 0 Å². The van der Waals surface area contributed by atoms with Crippen molar-refractivity contribution in [3.05, 3.63) is 41.4 Å². The van der Waals surface area contributed by atoms with Crippen LogP contribution in [0.1, 0.15) is 11.3 Å². The average molecular weight is 258 g/mol. The molecule has 0 radical (unpaired) electrons. The molecule has 0 spiro atoms. The second kappa shape index (κ2) is 4.58. The van der Waals surface area contributed by atoms with Crippen molar-refractivity contribution in [1.82, 2.24) is 9.97 Å². The Bertz CT molecular complexity index is 687. The van der Waals surface area contributed by atoms with E-state index >= 15 is 0 Å². The average Bonchev–Trinajstić information content (AvgIpc) is 3.01. The molecule has 3 rings (SSSR count). The van der Waals surface area contributed by atoms with E-state index < -0.39 is 0 Å². The van der Waals surface area contributed by atoms with Crippen molar-refractivity contribution in [2.24, 2.45) is 5.10 Å². The Morgan fingerprint density at radius 1 is 1.44 bits per heavy atom. The van der Waals surface area contributed by atoms with Gasteiger partial charge in [-0.3, -0.25) is 5.43 Å². The van der Waals surface area contributed by atoms with Crippen molar-refractivity contribution in [2.75, 3.05) is 5.43 Å². The van der Waals surface area contributed by atoms with Crippen LogP contribution in [0.4, 0.5) is 5.82 Å². The molecule has 0 atom stereocenters. The minimum atomic E-state index is 0.690. The van der Waals surface area contributed by atoms with Crippen LogP contribution in [0.3, 0.4) is 0 Å². The molecule has 0 saturated heterocycles. The first kappa shape index (κ1) is 10.9. The van der Waals surface area contributed by atoms with Gasteiger partial charge in [-0.1, -0.05) is 0 Å². The first-order chi connectivity index (χ1) is 8.84. The van der Waals surface area contributed by atoms with Gasteiger partial charge in [-0.15, -0.1) is 11.3 Å². The second-order valence-electron chi connectivity index (χ2n) is 3.70. The van der Waals surface area contributed by atoms with Crippen molar-refractivity contribution < 1.29 is 4.42 Å². The number of fused-ring (bicyclic) bond motifs is 1. The van der Waals surface area contributed by atoms with Gasteiger partial charge in [-0.2, -0.15) is 5.10 Å². The highest BCUT2D eigenvalue weighted by molar-refractivity contribution is 7.18. The molecule has 3 aromatic rings. The van der Waals surface area contributed by atoms with Gasteiger partial charge >= 0.3 is 0 Å². The van der Waals surface area contributed by atoms with Gasteiger partial charge in [0.15, 0.2) is 5.82 Å². The van der Waals surface area contributed by atoms with E-state index in [-0.39, 0.29) is 0 Å². The molecule has 0 amide bonds. The third-order valence-electron chi connectivity index (χ3n) is 2.44. The summed E-state index contributed by atoms with van der Waals surface area (Å²) in [5, 5.41) is 6.15. The smallest absolute Gasteiger partial charge is 0.167 e. The molecule has 18 heavy (non-hydrogen) atoms. The summed E-state index contributed by atoms with van der Waals surface area (Å²) in [7, 11) is 0. The number of aromatic nitrogens is 2. The number of furan rings is 1. The molecular weight excluding hydrogens is 248 g/mol. The highest BCUT2D eigenvalue weighted by Gasteiger charge is 2.06. The molecule has 90 valence electrons. The molecule has 0 unspecified atom stereocenters. The van der Waals surface area contributed by atoms with Crippen molar-refractivity contribution >= 4 is 33.6 Å². The van der Waals surface area contributed by atoms with E-state index in [2.05, 4.69) is 25.9 Å². The van der Waals surface area contributed by atoms with E-state index in [0.29, 0.717) is 11.6 Å². The Kier molecular flexibility index (Phi) is 2.77. The molecule has 3 aromatic heterocycles. The normalized spacial score (nSPS) is 11.4. The lowest BCUT2D eigenvalue weighted by atomic mass is 10.3. The molecule has 0 fully saturated rings. The van der Waals surface area contributed by atoms with Crippen LogP contribution in [-0.4, -0.2) is 16.2 Å². The predicted octanol–water partition coefficient (Wildman–Crippen LogP) is 3.04. The van der Waals surface area contributed by atoms with Crippen LogP contribution in [0.2, 0.25) is 0 Å². The Morgan fingerprint density at radius 3 is 3.22 bits per heavy atom. The van der Waals surface area contributed by atoms with E-state index in [4.69, 9.17) is 4.42 Å². The zero-order valence-electron chi connectivity index (χ0n) is 9.62. The Hall–Kier alpha value is -2.21. The number of hydrogen-bond donors (Lipinski definition) is 1. The number of aryl methyl sites for hydroxylation is 1. The fourth-order valence-electron chi connectivity index (χ4n) is 1.57. The lowest BCUT2D eigenvalue weighted by molar-refractivity contribution is 0.560. The van der Waals surface area contributed by atoms with Gasteiger partial charge in [-0.25, -0.2) is 9.97 Å². The molecule has 1 N–H and O–H groups in total. The fourth-order valence-corrected chi connectivity index (χ4v) is 2.51. The summed E-state index contributed by atoms with van der Waals surface area (Å²) in [6.45, 7) is 2.03. The van der Waals surface area contributed by atoms with Gasteiger partial charge in [0.1, 0.15) is 12.1 Å². The summed E-state index contributed by atoms with van der Waals surface area (Å²) in [4.78, 5) is 8.43. The number of hydrogen-bond acceptors (Lipinski definition) is 6. The molecular formula is C12H10N4OS. The molecule has 3 heterocycles. The van der Waals surface area contributed by atoms with Crippen molar-refractivity contribution in [3.8, 4) is 0 Å². The lowest BCUT2D eigenvalue weighted by Crippen LogP contribution is -1.94. The molecule has 0 aliphatic heterocycles. The molecule has 0 aromatic carbocycles. The van der Waals surface area contributed by atoms with Crippen molar-refractivity contribution in [3.63, 3.8) is 0 Å². The SMILES string of the molecule is Cc1csc2c(N/N=C/c3ccco3)ncnc12. The molecule has 0 bridgehead atoms. The maximum Gasteiger partial charge on any atom is 0.167 e. The first-order valence-corrected chi connectivity index (χ1v) is 6.24. The number of rotatable bonds is 3. The third kappa shape index (κ3) is 1.98. The monoisotopic (exact) mass is 258 g/mol. The summed E-state index contributed by atoms with van der Waals surface area (Å²) in [6, 6.07) is 3.64. The van der Waals surface area contributed by atoms with E-state index in [1.807, 2.05) is 19.1 Å². The van der Waals surface area contributed by atoms with Gasteiger partial charge in [0.2, 0.25) is 0 Å². The van der Waals surface area contributed by atoms with Crippen molar-refractivity contribution in [1.29, 1.82) is 0 Å². The number of hydrazone groups is 1. The van der Waals surface area contributed by atoms with Crippen LogP contribution in [0.5, 0.6) is 0 Å². The summed E-state index contributed by atoms with van der Waals surface area (Å²) in [6.07, 6.45) is 4.74. The quantitative estimate of drug-likeness (QED) is 0.579. The largest absolute Gasteiger partial charge is 0.463 e. The zero-order valence-corrected chi connectivity index (χ0v) is 10.4. The standard InChI is InChI=1S/C12H10N4OS/c1-8-6-18-11-10(8)13-7-14-12(11)16-15-5-9-3-2-4-17-9/h2-7H,1H3,(H,13,14,16)/b15-5+. The molecule has 0 saturated carbocycles. The van der Waals surface area contributed by atoms with E-state index in [1.165, 1.54) is 6.33 Å². The van der Waals surface area contributed by atoms with Crippen LogP contribution in [-0.2, 0) is 0 Å². The number of nitrogens with zero attached hydrogens (tertiary/aromatic N) is 3. The molecule has 5 nitrogen and oxygen atoms in total. The molecule has 0 aliphatic rings. The molecule has 0 aliphatic carbocycles. The minimum absolute atomic E-state index is 0.690. The van der Waals surface area contributed by atoms with Gasteiger partial charge in [0.05, 0.1) is 22.7 Å². The topological polar surface area (TPSA) is 63.3 Å². The van der Waals surface area contributed by atoms with Gasteiger partial charge < -0.3 is 4.42 Å². The van der Waals surface area contributed by atoms with E-state index in [0.717, 1.165) is 15.8 Å². The highest BCUT2D eigenvalue weighted by Crippen LogP contribution is 2.28. The lowest BCUT2D eigenvalue weighted by Gasteiger charge is -1.99. The minimum Gasteiger partial charge on any atom is -0.463 e. The van der Waals surface area contributed by atoms with Crippen LogP contribution in [0.25, 0.3) is 10.2 Å². The Labute approximate surface area is 107 Å². The fraction of sp³-hybridized carbons (Fsp3) is 0.0833. The maximum atomic E-state index is 5.14. The highest BCUT2D eigenvalue weighted by atomic mass is 32.1. The van der Waals surface area contributed by atoms with Crippen LogP contribution >= 0.6 is 11.3 Å². The first-order valence-electron chi connectivity index (χ1n) is 5.36. The Balaban J connectivity index is 1.87. The van der Waals surface area contributed by atoms with Crippen LogP contribution in [0, 0.1) is 6.92 Å². The predicted molar refractivity (Wildman–Crippen MR) is 72.1 cm³/mol. The summed E-state index contributed by atoms with van der Waals surface area (Å²) >= 11 is 1.60. The van der Waals surface area contributed by atoms with E-state index in [9.17, 15) is 0 Å². The summed E-state index contributed by atoms with van der Waals surface area (Å²) in [5.74, 6) is 1.40. The van der Waals surface area contributed by atoms with E-state index in [1.54, 1.807) is 23.8 Å². The second-order valence-corrected chi connectivity index (χ2v) is 4.58. The zero-order chi connectivity index (χ0) is 12.4. The van der Waals surface area contributed by atoms with Gasteiger partial charge in [0.25, 0.3) is 0 Å². The summed E-state index contributed by atoms with van der Waals surface area (Å²) < 4.78 is 6.15. The van der Waals surface area contributed by atoms with Crippen LogP contribution in [0.15, 0.2) is 39.6 Å². The molecule has 6 heteroatoms. The number of thiophene rings is 1. The van der Waals surface area contributed by atoms with Crippen molar-refractivity contribution in [2.45, 2.75) is 6.92 Å².